The van der Waals surface area contributed by atoms with Crippen LogP contribution in [0.2, 0.25) is 0 Å². The molecule has 2 aromatic carbocycles. The smallest absolute Gasteiger partial charge is 0.200 e. The number of ether oxygens (including phenoxy) is 1. The van der Waals surface area contributed by atoms with Crippen LogP contribution in [0, 0.1) is 46.9 Å². The highest BCUT2D eigenvalue weighted by Gasteiger charge is 2.27. The van der Waals surface area contributed by atoms with Crippen LogP contribution in [0.25, 0.3) is 0 Å². The van der Waals surface area contributed by atoms with E-state index in [1.54, 1.807) is 25.1 Å². The molecule has 0 spiro atoms. The first-order valence-corrected chi connectivity index (χ1v) is 13.0. The molecule has 2 fully saturated rings. The summed E-state index contributed by atoms with van der Waals surface area (Å²) in [6, 6.07) is 6.41. The summed E-state index contributed by atoms with van der Waals surface area (Å²) in [6.45, 7) is 4.18. The minimum Gasteiger partial charge on any atom is -0.491 e. The quantitative estimate of drug-likeness (QED) is 0.304. The Hall–Kier alpha value is -2.48. The third-order valence-corrected chi connectivity index (χ3v) is 7.93. The molecule has 0 bridgehead atoms. The van der Waals surface area contributed by atoms with Crippen LogP contribution in [-0.4, -0.2) is 6.61 Å². The molecule has 188 valence electrons. The third-order valence-electron chi connectivity index (χ3n) is 7.93. The van der Waals surface area contributed by atoms with Gasteiger partial charge in [0.15, 0.2) is 23.2 Å². The standard InChI is InChI=1S/C30H34F4O/c1-3-19-5-10-21(11-6-19)24-16-15-23(27(31)28(24)32)14-9-20-7-12-22(13-8-20)25-17-18-26(35-4-2)30(34)29(25)33/h15-22H,3-8,10-13H2,1-2H3. The van der Waals surface area contributed by atoms with Crippen molar-refractivity contribution in [3.05, 3.63) is 64.2 Å². The number of rotatable bonds is 5. The van der Waals surface area contributed by atoms with E-state index >= 15 is 0 Å². The van der Waals surface area contributed by atoms with Crippen molar-refractivity contribution in [2.45, 2.75) is 83.5 Å². The van der Waals surface area contributed by atoms with E-state index in [1.807, 2.05) is 0 Å². The van der Waals surface area contributed by atoms with Crippen molar-refractivity contribution in [1.82, 2.24) is 0 Å². The summed E-state index contributed by atoms with van der Waals surface area (Å²) < 4.78 is 63.6. The summed E-state index contributed by atoms with van der Waals surface area (Å²) >= 11 is 0. The van der Waals surface area contributed by atoms with Gasteiger partial charge in [0, 0.05) is 5.92 Å². The van der Waals surface area contributed by atoms with Crippen LogP contribution < -0.4 is 4.74 Å². The van der Waals surface area contributed by atoms with E-state index in [9.17, 15) is 17.6 Å². The summed E-state index contributed by atoms with van der Waals surface area (Å²) in [6.07, 6.45) is 7.83. The van der Waals surface area contributed by atoms with Crippen LogP contribution in [-0.2, 0) is 0 Å². The molecule has 0 N–H and O–H groups in total. The van der Waals surface area contributed by atoms with Crippen LogP contribution in [0.15, 0.2) is 24.3 Å². The second-order valence-corrected chi connectivity index (χ2v) is 9.99. The van der Waals surface area contributed by atoms with Gasteiger partial charge < -0.3 is 4.74 Å². The van der Waals surface area contributed by atoms with Gasteiger partial charge in [-0.25, -0.2) is 13.2 Å². The lowest BCUT2D eigenvalue weighted by atomic mass is 9.77. The number of hydrogen-bond donors (Lipinski definition) is 0. The summed E-state index contributed by atoms with van der Waals surface area (Å²) in [4.78, 5) is 0. The zero-order valence-electron chi connectivity index (χ0n) is 20.6. The van der Waals surface area contributed by atoms with Gasteiger partial charge in [-0.05, 0) is 99.3 Å². The Balaban J connectivity index is 1.39. The molecule has 0 radical (unpaired) electrons. The minimum absolute atomic E-state index is 0.0216. The van der Waals surface area contributed by atoms with Gasteiger partial charge >= 0.3 is 0 Å². The molecule has 4 rings (SSSR count). The van der Waals surface area contributed by atoms with Crippen molar-refractivity contribution in [3.63, 3.8) is 0 Å². The lowest BCUT2D eigenvalue weighted by Gasteiger charge is -2.28. The van der Waals surface area contributed by atoms with Gasteiger partial charge in [-0.1, -0.05) is 37.3 Å². The molecular weight excluding hydrogens is 452 g/mol. The average Bonchev–Trinajstić information content (AvgIpc) is 2.88. The van der Waals surface area contributed by atoms with Gasteiger partial charge in [0.05, 0.1) is 12.2 Å². The SMILES string of the molecule is CCOc1ccc(C2CCC(C#Cc3ccc(C4CCC(CC)CC4)c(F)c3F)CC2)c(F)c1F. The van der Waals surface area contributed by atoms with E-state index in [0.29, 0.717) is 42.7 Å². The summed E-state index contributed by atoms with van der Waals surface area (Å²) in [5.41, 5.74) is 0.942. The van der Waals surface area contributed by atoms with Crippen LogP contribution in [0.3, 0.4) is 0 Å². The second kappa shape index (κ2) is 11.5. The minimum atomic E-state index is -0.939. The molecule has 1 nitrogen and oxygen atoms in total. The first kappa shape index (κ1) is 25.6. The van der Waals surface area contributed by atoms with Gasteiger partial charge in [-0.2, -0.15) is 4.39 Å². The third kappa shape index (κ3) is 5.68. The van der Waals surface area contributed by atoms with E-state index in [-0.39, 0.29) is 35.7 Å². The fourth-order valence-corrected chi connectivity index (χ4v) is 5.72. The first-order chi connectivity index (χ1) is 16.9. The summed E-state index contributed by atoms with van der Waals surface area (Å²) in [5, 5.41) is 0. The molecule has 0 unspecified atom stereocenters. The summed E-state index contributed by atoms with van der Waals surface area (Å²) in [5.74, 6) is 3.20. The van der Waals surface area contributed by atoms with Gasteiger partial charge in [0.1, 0.15) is 0 Å². The Kier molecular flexibility index (Phi) is 8.42. The molecule has 35 heavy (non-hydrogen) atoms. The van der Waals surface area contributed by atoms with E-state index in [2.05, 4.69) is 18.8 Å². The lowest BCUT2D eigenvalue weighted by molar-refractivity contribution is 0.310. The molecule has 0 atom stereocenters. The van der Waals surface area contributed by atoms with Crippen molar-refractivity contribution in [2.24, 2.45) is 11.8 Å². The van der Waals surface area contributed by atoms with Crippen molar-refractivity contribution < 1.29 is 22.3 Å². The fourth-order valence-electron chi connectivity index (χ4n) is 5.72. The molecular formula is C30H34F4O. The van der Waals surface area contributed by atoms with E-state index in [0.717, 1.165) is 32.1 Å². The maximum Gasteiger partial charge on any atom is 0.200 e. The van der Waals surface area contributed by atoms with Gasteiger partial charge in [-0.15, -0.1) is 0 Å². The average molecular weight is 487 g/mol. The zero-order valence-corrected chi connectivity index (χ0v) is 20.6. The Morgan fingerprint density at radius 2 is 1.29 bits per heavy atom. The van der Waals surface area contributed by atoms with Gasteiger partial charge in [0.2, 0.25) is 5.82 Å². The molecule has 0 aromatic heterocycles. The molecule has 5 heteroatoms. The highest BCUT2D eigenvalue weighted by atomic mass is 19.2. The monoisotopic (exact) mass is 486 g/mol. The Morgan fingerprint density at radius 3 is 1.89 bits per heavy atom. The van der Waals surface area contributed by atoms with Crippen molar-refractivity contribution in [3.8, 4) is 17.6 Å². The fraction of sp³-hybridized carbons (Fsp3) is 0.533. The maximum absolute atomic E-state index is 14.9. The van der Waals surface area contributed by atoms with E-state index in [1.165, 1.54) is 6.07 Å². The largest absolute Gasteiger partial charge is 0.491 e. The molecule has 2 aliphatic rings. The first-order valence-electron chi connectivity index (χ1n) is 13.0. The van der Waals surface area contributed by atoms with Crippen LogP contribution in [0.4, 0.5) is 17.6 Å². The van der Waals surface area contributed by atoms with Crippen LogP contribution >= 0.6 is 0 Å². The highest BCUT2D eigenvalue weighted by Crippen LogP contribution is 2.40. The van der Waals surface area contributed by atoms with E-state index < -0.39 is 23.3 Å². The predicted octanol–water partition coefficient (Wildman–Crippen LogP) is 8.65. The van der Waals surface area contributed by atoms with Crippen molar-refractivity contribution in [1.29, 1.82) is 0 Å². The predicted molar refractivity (Wildman–Crippen MR) is 130 cm³/mol. The normalized spacial score (nSPS) is 24.5. The molecule has 2 aliphatic carbocycles. The van der Waals surface area contributed by atoms with Crippen molar-refractivity contribution in [2.75, 3.05) is 6.61 Å². The molecule has 2 aromatic rings. The Morgan fingerprint density at radius 1 is 0.714 bits per heavy atom. The number of hydrogen-bond acceptors (Lipinski definition) is 1. The maximum atomic E-state index is 14.9. The molecule has 2 saturated carbocycles. The highest BCUT2D eigenvalue weighted by molar-refractivity contribution is 5.40. The molecule has 0 amide bonds. The Bertz CT molecular complexity index is 1080. The van der Waals surface area contributed by atoms with Gasteiger partial charge in [-0.3, -0.25) is 0 Å². The Labute approximate surface area is 206 Å². The molecule has 0 saturated heterocycles. The lowest BCUT2D eigenvalue weighted by Crippen LogP contribution is -2.15. The topological polar surface area (TPSA) is 9.23 Å². The number of halogens is 4. The van der Waals surface area contributed by atoms with Crippen molar-refractivity contribution >= 4 is 0 Å². The van der Waals surface area contributed by atoms with Crippen LogP contribution in [0.1, 0.15) is 100 Å². The second-order valence-electron chi connectivity index (χ2n) is 9.99. The van der Waals surface area contributed by atoms with Gasteiger partial charge in [0.25, 0.3) is 0 Å². The molecule has 0 heterocycles. The van der Waals surface area contributed by atoms with E-state index in [4.69, 9.17) is 4.74 Å². The van der Waals surface area contributed by atoms with Crippen LogP contribution in [0.5, 0.6) is 5.75 Å². The zero-order chi connectivity index (χ0) is 24.9. The summed E-state index contributed by atoms with van der Waals surface area (Å²) in [7, 11) is 0. The molecule has 0 aliphatic heterocycles. The number of benzene rings is 2.